The molecular weight excluding hydrogens is 264 g/mol. The van der Waals surface area contributed by atoms with Crippen LogP contribution in [0.4, 0.5) is 0 Å². The number of hydrogen-bond acceptors (Lipinski definition) is 3. The summed E-state index contributed by atoms with van der Waals surface area (Å²) in [6.07, 6.45) is 11.5. The van der Waals surface area contributed by atoms with E-state index < -0.39 is 0 Å². The van der Waals surface area contributed by atoms with E-state index in [4.69, 9.17) is 5.73 Å². The number of imide groups is 1. The van der Waals surface area contributed by atoms with Gasteiger partial charge in [0.15, 0.2) is 0 Å². The van der Waals surface area contributed by atoms with E-state index in [1.165, 1.54) is 32.1 Å². The maximum absolute atomic E-state index is 12.7. The summed E-state index contributed by atoms with van der Waals surface area (Å²) in [4.78, 5) is 26.9. The van der Waals surface area contributed by atoms with Crippen LogP contribution >= 0.6 is 0 Å². The highest BCUT2D eigenvalue weighted by Gasteiger charge is 2.47. The Labute approximate surface area is 127 Å². The molecule has 2 amide bonds. The molecule has 1 unspecified atom stereocenters. The summed E-state index contributed by atoms with van der Waals surface area (Å²) >= 11 is 0. The average Bonchev–Trinajstić information content (AvgIpc) is 2.97. The number of rotatable bonds is 3. The molecule has 0 aromatic carbocycles. The van der Waals surface area contributed by atoms with Gasteiger partial charge < -0.3 is 5.73 Å². The second-order valence-corrected chi connectivity index (χ2v) is 7.42. The first kappa shape index (κ1) is 15.0. The molecule has 4 nitrogen and oxygen atoms in total. The Bertz CT molecular complexity index is 389. The second-order valence-electron chi connectivity index (χ2n) is 7.42. The summed E-state index contributed by atoms with van der Waals surface area (Å²) in [6.45, 7) is 0.426. The summed E-state index contributed by atoms with van der Waals surface area (Å²) in [7, 11) is 0. The van der Waals surface area contributed by atoms with Gasteiger partial charge in [0, 0.05) is 19.4 Å². The lowest BCUT2D eigenvalue weighted by atomic mass is 9.67. The van der Waals surface area contributed by atoms with Crippen molar-refractivity contribution in [3.63, 3.8) is 0 Å². The van der Waals surface area contributed by atoms with Crippen molar-refractivity contribution in [3.8, 4) is 0 Å². The van der Waals surface area contributed by atoms with Gasteiger partial charge in [-0.15, -0.1) is 0 Å². The van der Waals surface area contributed by atoms with E-state index in [9.17, 15) is 9.59 Å². The van der Waals surface area contributed by atoms with Gasteiger partial charge >= 0.3 is 0 Å². The van der Waals surface area contributed by atoms with Crippen LogP contribution in [-0.2, 0) is 9.59 Å². The Hall–Kier alpha value is -0.900. The molecule has 1 atom stereocenters. The topological polar surface area (TPSA) is 63.4 Å². The van der Waals surface area contributed by atoms with Gasteiger partial charge in [0.2, 0.25) is 11.8 Å². The zero-order chi connectivity index (χ0) is 14.9. The highest BCUT2D eigenvalue weighted by atomic mass is 16.2. The SMILES string of the molecule is NCC(C1CCCC1)N1C(=O)CC2(CCCCC2)CC1=O. The molecule has 1 saturated heterocycles. The van der Waals surface area contributed by atoms with E-state index in [-0.39, 0.29) is 23.3 Å². The predicted octanol–water partition coefficient (Wildman–Crippen LogP) is 2.60. The fourth-order valence-electron chi connectivity index (χ4n) is 4.89. The molecule has 1 aliphatic heterocycles. The number of piperidine rings is 1. The minimum atomic E-state index is -0.0477. The summed E-state index contributed by atoms with van der Waals surface area (Å²) in [6, 6.07) is -0.0477. The Kier molecular flexibility index (Phi) is 4.34. The van der Waals surface area contributed by atoms with Gasteiger partial charge in [-0.3, -0.25) is 14.5 Å². The molecule has 21 heavy (non-hydrogen) atoms. The summed E-state index contributed by atoms with van der Waals surface area (Å²) in [5.41, 5.74) is 5.92. The van der Waals surface area contributed by atoms with Crippen molar-refractivity contribution in [1.82, 2.24) is 4.90 Å². The van der Waals surface area contributed by atoms with Crippen LogP contribution in [0.3, 0.4) is 0 Å². The van der Waals surface area contributed by atoms with Crippen molar-refractivity contribution in [3.05, 3.63) is 0 Å². The summed E-state index contributed by atoms with van der Waals surface area (Å²) in [5.74, 6) is 0.536. The third kappa shape index (κ3) is 2.87. The number of carbonyl (C=O) groups is 2. The molecule has 0 aromatic heterocycles. The van der Waals surface area contributed by atoms with Crippen LogP contribution in [0.25, 0.3) is 0 Å². The number of amides is 2. The quantitative estimate of drug-likeness (QED) is 0.813. The van der Waals surface area contributed by atoms with Crippen LogP contribution in [-0.4, -0.2) is 29.3 Å². The minimum absolute atomic E-state index is 0.0161. The number of likely N-dealkylation sites (tertiary alicyclic amines) is 1. The third-order valence-electron chi connectivity index (χ3n) is 6.02. The van der Waals surface area contributed by atoms with Gasteiger partial charge in [0.25, 0.3) is 0 Å². The number of carbonyl (C=O) groups excluding carboxylic acids is 2. The van der Waals surface area contributed by atoms with Crippen LogP contribution in [0.15, 0.2) is 0 Å². The van der Waals surface area contributed by atoms with Gasteiger partial charge in [-0.1, -0.05) is 32.1 Å². The van der Waals surface area contributed by atoms with E-state index >= 15 is 0 Å². The largest absolute Gasteiger partial charge is 0.328 e. The molecule has 118 valence electrons. The van der Waals surface area contributed by atoms with Crippen molar-refractivity contribution in [1.29, 1.82) is 0 Å². The first-order valence-electron chi connectivity index (χ1n) is 8.70. The Morgan fingerprint density at radius 2 is 1.57 bits per heavy atom. The monoisotopic (exact) mass is 292 g/mol. The van der Waals surface area contributed by atoms with Gasteiger partial charge in [-0.2, -0.15) is 0 Å². The van der Waals surface area contributed by atoms with E-state index in [0.717, 1.165) is 25.7 Å². The lowest BCUT2D eigenvalue weighted by Gasteiger charge is -2.45. The van der Waals surface area contributed by atoms with Crippen LogP contribution in [0.5, 0.6) is 0 Å². The first-order chi connectivity index (χ1) is 10.2. The molecule has 2 aliphatic carbocycles. The predicted molar refractivity (Wildman–Crippen MR) is 81.4 cm³/mol. The molecule has 0 bridgehead atoms. The Balaban J connectivity index is 1.74. The summed E-state index contributed by atoms with van der Waals surface area (Å²) < 4.78 is 0. The molecule has 3 rings (SSSR count). The second kappa shape index (κ2) is 6.07. The van der Waals surface area contributed by atoms with Crippen LogP contribution in [0.1, 0.15) is 70.6 Å². The van der Waals surface area contributed by atoms with E-state index in [2.05, 4.69) is 0 Å². The van der Waals surface area contributed by atoms with Gasteiger partial charge in [0.1, 0.15) is 0 Å². The highest BCUT2D eigenvalue weighted by molar-refractivity contribution is 5.99. The minimum Gasteiger partial charge on any atom is -0.328 e. The molecular formula is C17H28N2O2. The third-order valence-corrected chi connectivity index (χ3v) is 6.02. The summed E-state index contributed by atoms with van der Waals surface area (Å²) in [5, 5.41) is 0. The van der Waals surface area contributed by atoms with Gasteiger partial charge in [-0.05, 0) is 37.0 Å². The first-order valence-corrected chi connectivity index (χ1v) is 8.70. The lowest BCUT2D eigenvalue weighted by molar-refractivity contribution is -0.158. The molecule has 0 aromatic rings. The van der Waals surface area contributed by atoms with Crippen molar-refractivity contribution >= 4 is 11.8 Å². The maximum Gasteiger partial charge on any atom is 0.230 e. The molecule has 2 N–H and O–H groups in total. The van der Waals surface area contributed by atoms with Crippen molar-refractivity contribution in [2.75, 3.05) is 6.54 Å². The van der Waals surface area contributed by atoms with Crippen LogP contribution in [0.2, 0.25) is 0 Å². The zero-order valence-corrected chi connectivity index (χ0v) is 13.0. The number of nitrogens with two attached hydrogens (primary N) is 1. The zero-order valence-electron chi connectivity index (χ0n) is 13.0. The smallest absolute Gasteiger partial charge is 0.230 e. The van der Waals surface area contributed by atoms with E-state index in [1.807, 2.05) is 0 Å². The molecule has 1 heterocycles. The van der Waals surface area contributed by atoms with E-state index in [1.54, 1.807) is 4.90 Å². The number of hydrogen-bond donors (Lipinski definition) is 1. The lowest BCUT2D eigenvalue weighted by Crippen LogP contribution is -2.56. The molecule has 3 fully saturated rings. The van der Waals surface area contributed by atoms with Crippen LogP contribution in [0, 0.1) is 11.3 Å². The molecule has 0 radical (unpaired) electrons. The van der Waals surface area contributed by atoms with Gasteiger partial charge in [-0.25, -0.2) is 0 Å². The normalized spacial score (nSPS) is 28.3. The van der Waals surface area contributed by atoms with Gasteiger partial charge in [0.05, 0.1) is 6.04 Å². The average molecular weight is 292 g/mol. The van der Waals surface area contributed by atoms with Crippen molar-refractivity contribution < 1.29 is 9.59 Å². The van der Waals surface area contributed by atoms with Crippen LogP contribution < -0.4 is 5.73 Å². The van der Waals surface area contributed by atoms with Crippen molar-refractivity contribution in [2.45, 2.75) is 76.7 Å². The highest BCUT2D eigenvalue weighted by Crippen LogP contribution is 2.46. The molecule has 2 saturated carbocycles. The Morgan fingerprint density at radius 3 is 2.10 bits per heavy atom. The molecule has 4 heteroatoms. The maximum atomic E-state index is 12.7. The number of nitrogens with zero attached hydrogens (tertiary/aromatic N) is 1. The molecule has 3 aliphatic rings. The fraction of sp³-hybridized carbons (Fsp3) is 0.882. The van der Waals surface area contributed by atoms with Crippen molar-refractivity contribution in [2.24, 2.45) is 17.1 Å². The Morgan fingerprint density at radius 1 is 1.00 bits per heavy atom. The standard InChI is InChI=1S/C17H28N2O2/c18-12-14(13-6-2-3-7-13)19-15(20)10-17(11-16(19)21)8-4-1-5-9-17/h13-14H,1-12,18H2. The molecule has 1 spiro atoms. The fourth-order valence-corrected chi connectivity index (χ4v) is 4.89. The van der Waals surface area contributed by atoms with E-state index in [0.29, 0.717) is 25.3 Å².